The average Bonchev–Trinajstić information content (AvgIpc) is 3.05. The molecule has 9 heteroatoms. The molecule has 47 heavy (non-hydrogen) atoms. The molecule has 0 aliphatic carbocycles. The van der Waals surface area contributed by atoms with Gasteiger partial charge in [-0.05, 0) is 70.6 Å². The van der Waals surface area contributed by atoms with Gasteiger partial charge < -0.3 is 21.1 Å². The summed E-state index contributed by atoms with van der Waals surface area (Å²) in [6, 6.07) is -0.890. The Morgan fingerprint density at radius 3 is 1.83 bits per heavy atom. The maximum absolute atomic E-state index is 12.7. The Morgan fingerprint density at radius 2 is 1.21 bits per heavy atom. The van der Waals surface area contributed by atoms with E-state index in [4.69, 9.17) is 14.8 Å². The number of hydrogen-bond donors (Lipinski definition) is 4. The van der Waals surface area contributed by atoms with Crippen LogP contribution in [0.15, 0.2) is 60.8 Å². The first-order valence-corrected chi connectivity index (χ1v) is 19.9. The van der Waals surface area contributed by atoms with Crippen molar-refractivity contribution in [2.45, 2.75) is 154 Å². The first kappa shape index (κ1) is 45.2. The second kappa shape index (κ2) is 34.1. The van der Waals surface area contributed by atoms with Gasteiger partial charge in [0.1, 0.15) is 0 Å². The molecule has 0 heterocycles. The Hall–Kier alpha value is -1.80. The van der Waals surface area contributed by atoms with Gasteiger partial charge in [0, 0.05) is 13.0 Å². The molecule has 272 valence electrons. The minimum Gasteiger partial charge on any atom is -0.387 e. The van der Waals surface area contributed by atoms with Crippen molar-refractivity contribution < 1.29 is 28.4 Å². The van der Waals surface area contributed by atoms with E-state index in [9.17, 15) is 19.4 Å². The summed E-state index contributed by atoms with van der Waals surface area (Å²) in [5.74, 6) is -0.227. The van der Waals surface area contributed by atoms with Gasteiger partial charge in [0.05, 0.1) is 25.4 Å². The van der Waals surface area contributed by atoms with E-state index in [0.717, 1.165) is 77.0 Å². The molecule has 0 aromatic carbocycles. The highest BCUT2D eigenvalue weighted by Gasteiger charge is 2.26. The number of carbonyl (C=O) groups is 1. The van der Waals surface area contributed by atoms with E-state index >= 15 is 0 Å². The third-order valence-corrected chi connectivity index (χ3v) is 8.53. The van der Waals surface area contributed by atoms with Crippen LogP contribution in [-0.4, -0.2) is 47.8 Å². The topological polar surface area (TPSA) is 131 Å². The molecule has 0 saturated heterocycles. The number of unbranched alkanes of at least 4 members (excludes halogenated alkanes) is 13. The summed E-state index contributed by atoms with van der Waals surface area (Å²) in [7, 11) is -4.35. The van der Waals surface area contributed by atoms with Gasteiger partial charge in [0.25, 0.3) is 0 Å². The maximum atomic E-state index is 12.7. The molecule has 0 aromatic heterocycles. The van der Waals surface area contributed by atoms with Crippen molar-refractivity contribution in [3.8, 4) is 0 Å². The van der Waals surface area contributed by atoms with Crippen LogP contribution in [-0.2, 0) is 18.4 Å². The number of rotatable bonds is 33. The van der Waals surface area contributed by atoms with Crippen molar-refractivity contribution in [1.29, 1.82) is 0 Å². The molecule has 3 unspecified atom stereocenters. The fraction of sp³-hybridized carbons (Fsp3) is 0.711. The molecular formula is C38H69N2O6P. The maximum Gasteiger partial charge on any atom is 0.472 e. The number of allylic oxidation sites excluding steroid dienone is 9. The Balaban J connectivity index is 4.43. The van der Waals surface area contributed by atoms with Crippen LogP contribution in [0, 0.1) is 0 Å². The van der Waals surface area contributed by atoms with E-state index in [1.165, 1.54) is 44.9 Å². The molecule has 0 rings (SSSR count). The van der Waals surface area contributed by atoms with Crippen LogP contribution >= 0.6 is 7.82 Å². The van der Waals surface area contributed by atoms with Gasteiger partial charge in [-0.15, -0.1) is 0 Å². The first-order chi connectivity index (χ1) is 22.9. The zero-order chi connectivity index (χ0) is 34.7. The third-order valence-electron chi connectivity index (χ3n) is 7.54. The highest BCUT2D eigenvalue weighted by Crippen LogP contribution is 2.43. The molecule has 0 bridgehead atoms. The van der Waals surface area contributed by atoms with Crippen LogP contribution in [0.2, 0.25) is 0 Å². The van der Waals surface area contributed by atoms with Gasteiger partial charge in [-0.3, -0.25) is 13.8 Å². The number of nitrogens with two attached hydrogens (primary N) is 1. The van der Waals surface area contributed by atoms with Crippen LogP contribution in [0.5, 0.6) is 0 Å². The van der Waals surface area contributed by atoms with Crippen LogP contribution < -0.4 is 11.1 Å². The lowest BCUT2D eigenvalue weighted by molar-refractivity contribution is -0.123. The predicted octanol–water partition coefficient (Wildman–Crippen LogP) is 9.55. The Bertz CT molecular complexity index is 918. The smallest absolute Gasteiger partial charge is 0.387 e. The van der Waals surface area contributed by atoms with Crippen LogP contribution in [0.4, 0.5) is 0 Å². The summed E-state index contributed by atoms with van der Waals surface area (Å²) in [6.07, 6.45) is 41.2. The number of carbonyl (C=O) groups excluding carboxylic acids is 1. The SMILES string of the molecule is CCCC/C=C/CC/C=C/CC/C=C/C(O)C(COP(=O)(O)OCCN)NC(=O)CCCCCCC/C=C\C/C=C\CCCCCC. The number of phosphoric ester groups is 1. The standard InChI is InChI=1S/C38H69N2O6P/c1-3-5-7-9-11-13-15-17-18-19-20-22-24-26-28-30-32-38(42)40-36(35-46-47(43,44)45-34-33-39)37(41)31-29-27-25-23-21-16-14-12-10-8-6-4-2/h10,12-13,15,18-19,21,23,29,31,36-37,41H,3-9,11,14,16-17,20,22,24-28,30,32-35,39H2,1-2H3,(H,40,42)(H,43,44)/b12-10+,15-13-,19-18-,23-21+,31-29+. The average molecular weight is 681 g/mol. The lowest BCUT2D eigenvalue weighted by atomic mass is 10.1. The molecular weight excluding hydrogens is 611 g/mol. The highest BCUT2D eigenvalue weighted by molar-refractivity contribution is 7.47. The largest absolute Gasteiger partial charge is 0.472 e. The summed E-state index contributed by atoms with van der Waals surface area (Å²) in [5, 5.41) is 13.5. The molecule has 0 spiro atoms. The number of aliphatic hydroxyl groups is 1. The molecule has 5 N–H and O–H groups in total. The summed E-state index contributed by atoms with van der Waals surface area (Å²) in [6.45, 7) is 3.99. The summed E-state index contributed by atoms with van der Waals surface area (Å²) < 4.78 is 22.0. The van der Waals surface area contributed by atoms with Crippen molar-refractivity contribution in [3.63, 3.8) is 0 Å². The predicted molar refractivity (Wildman–Crippen MR) is 198 cm³/mol. The lowest BCUT2D eigenvalue weighted by Crippen LogP contribution is -2.45. The number of aliphatic hydroxyl groups excluding tert-OH is 1. The van der Waals surface area contributed by atoms with E-state index in [2.05, 4.69) is 67.8 Å². The minimum absolute atomic E-state index is 0.0666. The molecule has 0 aliphatic rings. The van der Waals surface area contributed by atoms with Crippen molar-refractivity contribution in [1.82, 2.24) is 5.32 Å². The Labute approximate surface area is 287 Å². The molecule has 0 saturated carbocycles. The van der Waals surface area contributed by atoms with Gasteiger partial charge in [-0.25, -0.2) is 4.57 Å². The summed E-state index contributed by atoms with van der Waals surface area (Å²) >= 11 is 0. The molecule has 3 atom stereocenters. The molecule has 0 aliphatic heterocycles. The van der Waals surface area contributed by atoms with Gasteiger partial charge >= 0.3 is 7.82 Å². The van der Waals surface area contributed by atoms with Gasteiger partial charge in [0.2, 0.25) is 5.91 Å². The number of amides is 1. The molecule has 0 aromatic rings. The van der Waals surface area contributed by atoms with Gasteiger partial charge in [-0.2, -0.15) is 0 Å². The second-order valence-corrected chi connectivity index (χ2v) is 13.5. The number of nitrogens with one attached hydrogen (secondary N) is 1. The monoisotopic (exact) mass is 680 g/mol. The Kier molecular flexibility index (Phi) is 32.8. The second-order valence-electron chi connectivity index (χ2n) is 12.1. The fourth-order valence-electron chi connectivity index (χ4n) is 4.71. The first-order valence-electron chi connectivity index (χ1n) is 18.4. The molecule has 0 fully saturated rings. The minimum atomic E-state index is -4.35. The molecule has 8 nitrogen and oxygen atoms in total. The van der Waals surface area contributed by atoms with E-state index in [0.29, 0.717) is 6.42 Å². The van der Waals surface area contributed by atoms with E-state index in [1.54, 1.807) is 6.08 Å². The summed E-state index contributed by atoms with van der Waals surface area (Å²) in [4.78, 5) is 22.6. The fourth-order valence-corrected chi connectivity index (χ4v) is 5.47. The van der Waals surface area contributed by atoms with Crippen LogP contribution in [0.1, 0.15) is 142 Å². The van der Waals surface area contributed by atoms with E-state index in [-0.39, 0.29) is 25.7 Å². The number of phosphoric acid groups is 1. The zero-order valence-electron chi connectivity index (χ0n) is 29.7. The lowest BCUT2D eigenvalue weighted by Gasteiger charge is -2.23. The van der Waals surface area contributed by atoms with Gasteiger partial charge in [-0.1, -0.05) is 126 Å². The number of hydrogen-bond acceptors (Lipinski definition) is 6. The highest BCUT2D eigenvalue weighted by atomic mass is 31.2. The third kappa shape index (κ3) is 32.5. The normalized spacial score (nSPS) is 15.1. The molecule has 0 radical (unpaired) electrons. The zero-order valence-corrected chi connectivity index (χ0v) is 30.6. The van der Waals surface area contributed by atoms with Crippen molar-refractivity contribution in [2.75, 3.05) is 19.8 Å². The Morgan fingerprint density at radius 1 is 0.702 bits per heavy atom. The van der Waals surface area contributed by atoms with Crippen molar-refractivity contribution >= 4 is 13.7 Å². The van der Waals surface area contributed by atoms with E-state index < -0.39 is 20.0 Å². The molecule has 1 amide bonds. The van der Waals surface area contributed by atoms with E-state index in [1.807, 2.05) is 6.08 Å². The van der Waals surface area contributed by atoms with Crippen LogP contribution in [0.3, 0.4) is 0 Å². The quantitative estimate of drug-likeness (QED) is 0.0308. The van der Waals surface area contributed by atoms with Crippen molar-refractivity contribution in [2.24, 2.45) is 5.73 Å². The summed E-state index contributed by atoms with van der Waals surface area (Å²) in [5.41, 5.74) is 5.34. The van der Waals surface area contributed by atoms with Crippen molar-refractivity contribution in [3.05, 3.63) is 60.8 Å². The van der Waals surface area contributed by atoms with Crippen LogP contribution in [0.25, 0.3) is 0 Å². The van der Waals surface area contributed by atoms with Gasteiger partial charge in [0.15, 0.2) is 0 Å².